The van der Waals surface area contributed by atoms with Gasteiger partial charge in [-0.15, -0.1) is 0 Å². The lowest BCUT2D eigenvalue weighted by Gasteiger charge is -2.24. The van der Waals surface area contributed by atoms with E-state index >= 15 is 0 Å². The maximum absolute atomic E-state index is 13.0. The van der Waals surface area contributed by atoms with Crippen molar-refractivity contribution in [1.29, 1.82) is 0 Å². The lowest BCUT2D eigenvalue weighted by molar-refractivity contribution is -0.121. The molecule has 0 bridgehead atoms. The van der Waals surface area contributed by atoms with E-state index in [4.69, 9.17) is 0 Å². The molecule has 8 nitrogen and oxygen atoms in total. The number of anilines is 2. The van der Waals surface area contributed by atoms with E-state index in [0.717, 1.165) is 18.4 Å². The molecule has 1 saturated heterocycles. The van der Waals surface area contributed by atoms with Crippen LogP contribution in [0.15, 0.2) is 47.4 Å². The summed E-state index contributed by atoms with van der Waals surface area (Å²) in [4.78, 5) is 38.7. The number of nitrogens with zero attached hydrogens (tertiary/aromatic N) is 2. The zero-order valence-electron chi connectivity index (χ0n) is 18.5. The topological polar surface area (TPSA) is 104 Å². The largest absolute Gasteiger partial charge is 0.325 e. The number of hydrogen-bond donors (Lipinski definition) is 1. The molecular formula is C24H27N3O5S. The second-order valence-corrected chi connectivity index (χ2v) is 10.4. The third kappa shape index (κ3) is 4.99. The molecule has 2 aliphatic heterocycles. The fourth-order valence-electron chi connectivity index (χ4n) is 4.30. The Morgan fingerprint density at radius 1 is 1.00 bits per heavy atom. The Morgan fingerprint density at radius 3 is 2.48 bits per heavy atom. The smallest absolute Gasteiger partial charge is 0.244 e. The molecule has 1 N–H and O–H groups in total. The number of carbonyl (C=O) groups is 3. The second-order valence-electron chi connectivity index (χ2n) is 8.42. The van der Waals surface area contributed by atoms with E-state index < -0.39 is 15.9 Å². The molecule has 0 unspecified atom stereocenters. The lowest BCUT2D eigenvalue weighted by Crippen LogP contribution is -2.38. The molecule has 2 amide bonds. The molecular weight excluding hydrogens is 442 g/mol. The van der Waals surface area contributed by atoms with E-state index in [1.54, 1.807) is 36.4 Å². The number of hydrogen-bond acceptors (Lipinski definition) is 5. The predicted octanol–water partition coefficient (Wildman–Crippen LogP) is 2.98. The number of nitrogens with one attached hydrogen (secondary N) is 1. The minimum absolute atomic E-state index is 0.109. The van der Waals surface area contributed by atoms with Gasteiger partial charge in [-0.1, -0.05) is 12.1 Å². The molecule has 0 radical (unpaired) electrons. The normalized spacial score (nSPS) is 16.9. The number of benzene rings is 2. The average molecular weight is 470 g/mol. The van der Waals surface area contributed by atoms with Gasteiger partial charge < -0.3 is 10.2 Å². The van der Waals surface area contributed by atoms with E-state index in [2.05, 4.69) is 5.32 Å². The summed E-state index contributed by atoms with van der Waals surface area (Å²) >= 11 is 0. The molecule has 0 atom stereocenters. The maximum Gasteiger partial charge on any atom is 0.244 e. The van der Waals surface area contributed by atoms with Crippen LogP contribution in [0.1, 0.15) is 48.5 Å². The van der Waals surface area contributed by atoms with Crippen molar-refractivity contribution in [3.8, 4) is 0 Å². The Morgan fingerprint density at radius 2 is 1.76 bits per heavy atom. The fraction of sp³-hybridized carbons (Fsp3) is 0.375. The van der Waals surface area contributed by atoms with Gasteiger partial charge in [0.05, 0.1) is 4.90 Å². The lowest BCUT2D eigenvalue weighted by atomic mass is 10.1. The highest BCUT2D eigenvalue weighted by molar-refractivity contribution is 7.89. The van der Waals surface area contributed by atoms with E-state index in [9.17, 15) is 22.8 Å². The fourth-order valence-corrected chi connectivity index (χ4v) is 5.86. The molecule has 174 valence electrons. The monoisotopic (exact) mass is 469 g/mol. The van der Waals surface area contributed by atoms with Gasteiger partial charge in [-0.2, -0.15) is 4.31 Å². The van der Waals surface area contributed by atoms with Gasteiger partial charge in [-0.25, -0.2) is 8.42 Å². The Kier molecular flexibility index (Phi) is 6.62. The number of rotatable bonds is 6. The van der Waals surface area contributed by atoms with Crippen LogP contribution in [0.5, 0.6) is 0 Å². The second kappa shape index (κ2) is 9.44. The van der Waals surface area contributed by atoms with Crippen molar-refractivity contribution < 1.29 is 22.8 Å². The minimum Gasteiger partial charge on any atom is -0.325 e. The van der Waals surface area contributed by atoms with E-state index in [0.29, 0.717) is 42.9 Å². The van der Waals surface area contributed by atoms with Gasteiger partial charge >= 0.3 is 0 Å². The van der Waals surface area contributed by atoms with E-state index in [1.165, 1.54) is 22.2 Å². The van der Waals surface area contributed by atoms with Crippen LogP contribution in [-0.2, 0) is 26.0 Å². The molecule has 9 heteroatoms. The quantitative estimate of drug-likeness (QED) is 0.655. The molecule has 0 saturated carbocycles. The molecule has 1 fully saturated rings. The third-order valence-electron chi connectivity index (χ3n) is 6.04. The summed E-state index contributed by atoms with van der Waals surface area (Å²) in [6, 6.07) is 11.4. The Labute approximate surface area is 193 Å². The van der Waals surface area contributed by atoms with Crippen LogP contribution < -0.4 is 10.2 Å². The van der Waals surface area contributed by atoms with Gasteiger partial charge in [0.1, 0.15) is 6.54 Å². The Hall–Kier alpha value is -3.04. The summed E-state index contributed by atoms with van der Waals surface area (Å²) < 4.78 is 27.4. The zero-order chi connectivity index (χ0) is 23.6. The Balaban J connectivity index is 1.57. The van der Waals surface area contributed by atoms with Gasteiger partial charge in [0.2, 0.25) is 21.8 Å². The summed E-state index contributed by atoms with van der Waals surface area (Å²) in [7, 11) is -3.57. The van der Waals surface area contributed by atoms with E-state index in [1.807, 2.05) is 0 Å². The molecule has 2 heterocycles. The number of sulfonamides is 1. The van der Waals surface area contributed by atoms with Gasteiger partial charge in [0.15, 0.2) is 5.78 Å². The first kappa shape index (κ1) is 23.1. The Bertz CT molecular complexity index is 1200. The van der Waals surface area contributed by atoms with Crippen LogP contribution in [0.4, 0.5) is 11.4 Å². The SMILES string of the molecule is CC(=O)c1cccc(NC(=O)CN2C(=O)CCCc3cc(S(=O)(=O)N4CCCC4)ccc32)c1. The summed E-state index contributed by atoms with van der Waals surface area (Å²) in [5.41, 5.74) is 2.26. The number of amides is 2. The highest BCUT2D eigenvalue weighted by atomic mass is 32.2. The van der Waals surface area contributed by atoms with Crippen molar-refractivity contribution in [3.63, 3.8) is 0 Å². The summed E-state index contributed by atoms with van der Waals surface area (Å²) in [5, 5.41) is 2.74. The average Bonchev–Trinajstić information content (AvgIpc) is 3.29. The number of ketones is 1. The molecule has 2 aliphatic rings. The van der Waals surface area contributed by atoms with Crippen LogP contribution in [0.2, 0.25) is 0 Å². The van der Waals surface area contributed by atoms with Crippen LogP contribution in [-0.4, -0.2) is 50.0 Å². The van der Waals surface area contributed by atoms with Crippen LogP contribution in [0.3, 0.4) is 0 Å². The number of aryl methyl sites for hydroxylation is 1. The number of carbonyl (C=O) groups excluding carboxylic acids is 3. The molecule has 2 aromatic carbocycles. The van der Waals surface area contributed by atoms with Gasteiger partial charge in [-0.05, 0) is 68.5 Å². The summed E-state index contributed by atoms with van der Waals surface area (Å²) in [5.74, 6) is -0.690. The van der Waals surface area contributed by atoms with Crippen molar-refractivity contribution in [2.45, 2.75) is 43.9 Å². The molecule has 0 spiro atoms. The van der Waals surface area contributed by atoms with Crippen molar-refractivity contribution in [2.75, 3.05) is 29.9 Å². The minimum atomic E-state index is -3.57. The first-order valence-corrected chi connectivity index (χ1v) is 12.5. The maximum atomic E-state index is 13.0. The first-order valence-electron chi connectivity index (χ1n) is 11.1. The molecule has 0 aromatic heterocycles. The predicted molar refractivity (Wildman–Crippen MR) is 125 cm³/mol. The highest BCUT2D eigenvalue weighted by Crippen LogP contribution is 2.31. The van der Waals surface area contributed by atoms with Crippen molar-refractivity contribution >= 4 is 39.0 Å². The standard InChI is InChI=1S/C24H27N3O5S/c1-17(28)18-6-4-8-20(14-18)25-23(29)16-27-22-11-10-21(15-19(22)7-5-9-24(27)30)33(31,32)26-12-2-3-13-26/h4,6,8,10-11,14-15H,2-3,5,7,9,12-13,16H2,1H3,(H,25,29). The summed E-state index contributed by atoms with van der Waals surface area (Å²) in [6.07, 6.45) is 3.13. The summed E-state index contributed by atoms with van der Waals surface area (Å²) in [6.45, 7) is 2.30. The number of fused-ring (bicyclic) bond motifs is 1. The van der Waals surface area contributed by atoms with Crippen LogP contribution in [0.25, 0.3) is 0 Å². The third-order valence-corrected chi connectivity index (χ3v) is 7.93. The molecule has 0 aliphatic carbocycles. The van der Waals surface area contributed by atoms with Crippen molar-refractivity contribution in [1.82, 2.24) is 4.31 Å². The number of Topliss-reactive ketones (excluding diaryl/α,β-unsaturated/α-hetero) is 1. The van der Waals surface area contributed by atoms with Gasteiger partial charge in [0, 0.05) is 36.4 Å². The van der Waals surface area contributed by atoms with Crippen LogP contribution in [0, 0.1) is 0 Å². The first-order chi connectivity index (χ1) is 15.8. The van der Waals surface area contributed by atoms with Crippen LogP contribution >= 0.6 is 0 Å². The molecule has 4 rings (SSSR count). The molecule has 33 heavy (non-hydrogen) atoms. The van der Waals surface area contributed by atoms with Gasteiger partial charge in [0.25, 0.3) is 0 Å². The zero-order valence-corrected chi connectivity index (χ0v) is 19.4. The van der Waals surface area contributed by atoms with Gasteiger partial charge in [-0.3, -0.25) is 14.4 Å². The van der Waals surface area contributed by atoms with Crippen molar-refractivity contribution in [2.24, 2.45) is 0 Å². The highest BCUT2D eigenvalue weighted by Gasteiger charge is 2.30. The van der Waals surface area contributed by atoms with Crippen molar-refractivity contribution in [3.05, 3.63) is 53.6 Å². The van der Waals surface area contributed by atoms with E-state index in [-0.39, 0.29) is 29.6 Å². The molecule has 2 aromatic rings.